The fourth-order valence-electron chi connectivity index (χ4n) is 0.926. The molecule has 0 saturated carbocycles. The van der Waals surface area contributed by atoms with Gasteiger partial charge in [0.25, 0.3) is 0 Å². The molecule has 0 unspecified atom stereocenters. The number of hydrogen-bond donors (Lipinski definition) is 0. The maximum absolute atomic E-state index is 5.69. The first kappa shape index (κ1) is 8.86. The Balaban J connectivity index is 3.23. The van der Waals surface area contributed by atoms with E-state index in [1.807, 2.05) is 55.5 Å². The van der Waals surface area contributed by atoms with Gasteiger partial charge in [0.2, 0.25) is 0 Å². The van der Waals surface area contributed by atoms with Gasteiger partial charge in [0.05, 0.1) is 0 Å². The van der Waals surface area contributed by atoms with Crippen molar-refractivity contribution >= 4 is 13.3 Å². The quantitative estimate of drug-likeness (QED) is 0.500. The lowest BCUT2D eigenvalue weighted by Crippen LogP contribution is -1.97. The Morgan fingerprint density at radius 3 is 2.25 bits per heavy atom. The molecular formula is C11H11B. The molecular weight excluding hydrogens is 143 g/mol. The molecule has 0 spiro atoms. The van der Waals surface area contributed by atoms with E-state index in [0.29, 0.717) is 0 Å². The first-order valence-corrected chi connectivity index (χ1v) is 3.94. The second-order valence-electron chi connectivity index (χ2n) is 2.68. The fraction of sp³-hybridized carbons (Fsp3) is 0.0909. The highest BCUT2D eigenvalue weighted by atomic mass is 13.8. The van der Waals surface area contributed by atoms with E-state index in [9.17, 15) is 0 Å². The molecule has 0 amide bonds. The zero-order chi connectivity index (χ0) is 8.81. The van der Waals surface area contributed by atoms with E-state index in [0.717, 1.165) is 11.0 Å². The maximum Gasteiger partial charge on any atom is 0.113 e. The van der Waals surface area contributed by atoms with E-state index >= 15 is 0 Å². The van der Waals surface area contributed by atoms with Crippen LogP contribution in [0.3, 0.4) is 0 Å². The topological polar surface area (TPSA) is 0 Å². The third kappa shape index (κ3) is 3.24. The molecule has 0 aliphatic heterocycles. The van der Waals surface area contributed by atoms with Gasteiger partial charge in [-0.05, 0) is 6.92 Å². The maximum atomic E-state index is 5.69. The minimum atomic E-state index is 0.781. The molecule has 0 heterocycles. The molecule has 0 N–H and O–H groups in total. The minimum Gasteiger partial charge on any atom is -0.0964 e. The highest BCUT2D eigenvalue weighted by Gasteiger charge is 1.77. The van der Waals surface area contributed by atoms with E-state index in [2.05, 4.69) is 0 Å². The predicted molar refractivity (Wildman–Crippen MR) is 54.2 cm³/mol. The van der Waals surface area contributed by atoms with Crippen molar-refractivity contribution in [2.75, 3.05) is 0 Å². The fourth-order valence-corrected chi connectivity index (χ4v) is 0.926. The molecule has 12 heavy (non-hydrogen) atoms. The summed E-state index contributed by atoms with van der Waals surface area (Å²) in [6.07, 6.45) is 0. The van der Waals surface area contributed by atoms with E-state index in [1.165, 1.54) is 0 Å². The van der Waals surface area contributed by atoms with Gasteiger partial charge in [0, 0.05) is 0 Å². The van der Waals surface area contributed by atoms with Crippen LogP contribution in [0, 0.1) is 6.92 Å². The molecule has 58 valence electrons. The van der Waals surface area contributed by atoms with Crippen molar-refractivity contribution < 1.29 is 0 Å². The van der Waals surface area contributed by atoms with Gasteiger partial charge in [-0.2, -0.15) is 0 Å². The molecule has 0 aromatic heterocycles. The number of hydrogen-bond acceptors (Lipinski definition) is 0. The van der Waals surface area contributed by atoms with Gasteiger partial charge in [-0.3, -0.25) is 0 Å². The lowest BCUT2D eigenvalue weighted by atomic mass is 9.97. The second kappa shape index (κ2) is 4.60. The Kier molecular flexibility index (Phi) is 3.40. The van der Waals surface area contributed by atoms with E-state index in [1.54, 1.807) is 0 Å². The van der Waals surface area contributed by atoms with Crippen molar-refractivity contribution in [2.24, 2.45) is 0 Å². The van der Waals surface area contributed by atoms with Gasteiger partial charge in [-0.15, -0.1) is 0 Å². The molecule has 2 radical (unpaired) electrons. The van der Waals surface area contributed by atoms with Crippen LogP contribution in [0.5, 0.6) is 0 Å². The van der Waals surface area contributed by atoms with Gasteiger partial charge in [-0.1, -0.05) is 59.6 Å². The lowest BCUT2D eigenvalue weighted by Gasteiger charge is -1.87. The Bertz CT molecular complexity index is 276. The average Bonchev–Trinajstić information content (AvgIpc) is 2.02. The van der Waals surface area contributed by atoms with Gasteiger partial charge in [-0.25, -0.2) is 0 Å². The third-order valence-corrected chi connectivity index (χ3v) is 1.49. The van der Waals surface area contributed by atoms with Crippen molar-refractivity contribution in [3.63, 3.8) is 0 Å². The van der Waals surface area contributed by atoms with Crippen LogP contribution in [0.4, 0.5) is 0 Å². The largest absolute Gasteiger partial charge is 0.113 e. The second-order valence-corrected chi connectivity index (χ2v) is 2.68. The summed E-state index contributed by atoms with van der Waals surface area (Å²) in [5.41, 5.74) is 1.94. The van der Waals surface area contributed by atoms with Crippen LogP contribution >= 0.6 is 0 Å². The monoisotopic (exact) mass is 154 g/mol. The van der Waals surface area contributed by atoms with Gasteiger partial charge < -0.3 is 0 Å². The molecule has 0 nitrogen and oxygen atoms in total. The summed E-state index contributed by atoms with van der Waals surface area (Å²) < 4.78 is 0. The highest BCUT2D eigenvalue weighted by Crippen LogP contribution is 1.88. The summed E-state index contributed by atoms with van der Waals surface area (Å²) in [7, 11) is 5.69. The number of rotatable bonds is 0. The Morgan fingerprint density at radius 1 is 0.917 bits per heavy atom. The van der Waals surface area contributed by atoms with Crippen molar-refractivity contribution in [1.29, 1.82) is 0 Å². The lowest BCUT2D eigenvalue weighted by molar-refractivity contribution is 1.51. The summed E-state index contributed by atoms with van der Waals surface area (Å²) >= 11 is 0. The minimum absolute atomic E-state index is 0.781. The molecule has 1 rings (SSSR count). The summed E-state index contributed by atoms with van der Waals surface area (Å²) in [4.78, 5) is 0. The van der Waals surface area contributed by atoms with Crippen LogP contribution in [-0.2, 0) is 0 Å². The molecule has 0 aliphatic carbocycles. The summed E-state index contributed by atoms with van der Waals surface area (Å²) in [5, 5.41) is 0. The van der Waals surface area contributed by atoms with Crippen molar-refractivity contribution in [1.82, 2.24) is 0 Å². The SMILES string of the molecule is [B]c1cccccccc(C)c1. The Morgan fingerprint density at radius 2 is 1.50 bits per heavy atom. The highest BCUT2D eigenvalue weighted by molar-refractivity contribution is 6.32. The predicted octanol–water partition coefficient (Wildman–Crippen LogP) is 1.91. The van der Waals surface area contributed by atoms with E-state index in [-0.39, 0.29) is 0 Å². The van der Waals surface area contributed by atoms with E-state index < -0.39 is 0 Å². The molecule has 0 aliphatic rings. The summed E-state index contributed by atoms with van der Waals surface area (Å²) in [6.45, 7) is 2.02. The van der Waals surface area contributed by atoms with Crippen LogP contribution in [-0.4, -0.2) is 7.85 Å². The van der Waals surface area contributed by atoms with Crippen LogP contribution in [0.1, 0.15) is 5.56 Å². The van der Waals surface area contributed by atoms with Crippen LogP contribution < -0.4 is 5.46 Å². The molecule has 1 aromatic rings. The molecule has 0 atom stereocenters. The van der Waals surface area contributed by atoms with Gasteiger partial charge in [0.15, 0.2) is 0 Å². The van der Waals surface area contributed by atoms with Gasteiger partial charge in [0.1, 0.15) is 7.85 Å². The molecule has 0 saturated heterocycles. The number of aryl methyl sites for hydroxylation is 1. The van der Waals surface area contributed by atoms with Crippen LogP contribution in [0.15, 0.2) is 48.5 Å². The van der Waals surface area contributed by atoms with Crippen LogP contribution in [0.25, 0.3) is 0 Å². The molecule has 0 fully saturated rings. The average molecular weight is 154 g/mol. The Labute approximate surface area is 75.0 Å². The zero-order valence-electron chi connectivity index (χ0n) is 7.20. The zero-order valence-corrected chi connectivity index (χ0v) is 7.20. The smallest absolute Gasteiger partial charge is 0.0964 e. The first-order valence-electron chi connectivity index (χ1n) is 3.94. The van der Waals surface area contributed by atoms with Crippen molar-refractivity contribution in [2.45, 2.75) is 6.92 Å². The summed E-state index contributed by atoms with van der Waals surface area (Å²) in [6, 6.07) is 15.7. The normalized spacial score (nSPS) is 8.75. The standard InChI is InChI=1S/C11H11B/c1-10-7-5-3-2-4-6-8-11(12)9-10/h2-9H,1H3. The van der Waals surface area contributed by atoms with Crippen molar-refractivity contribution in [3.05, 3.63) is 54.1 Å². The first-order chi connectivity index (χ1) is 5.79. The summed E-state index contributed by atoms with van der Waals surface area (Å²) in [5.74, 6) is 0. The molecule has 1 heteroatoms. The molecule has 1 aromatic carbocycles. The van der Waals surface area contributed by atoms with Gasteiger partial charge >= 0.3 is 0 Å². The Hall–Kier alpha value is -1.24. The molecule has 0 bridgehead atoms. The van der Waals surface area contributed by atoms with E-state index in [4.69, 9.17) is 7.85 Å². The van der Waals surface area contributed by atoms with Crippen molar-refractivity contribution in [3.8, 4) is 0 Å². The van der Waals surface area contributed by atoms with Crippen LogP contribution in [0.2, 0.25) is 0 Å². The third-order valence-electron chi connectivity index (χ3n) is 1.49.